The normalized spacial score (nSPS) is 11.5. The van der Waals surface area contributed by atoms with Gasteiger partial charge in [0, 0.05) is 0 Å². The van der Waals surface area contributed by atoms with E-state index in [2.05, 4.69) is 0 Å². The van der Waals surface area contributed by atoms with Crippen molar-refractivity contribution in [3.8, 4) is 0 Å². The molecule has 1 aromatic heterocycles. The number of halogens is 1. The van der Waals surface area contributed by atoms with Gasteiger partial charge in [0.05, 0.1) is 4.88 Å². The van der Waals surface area contributed by atoms with Crippen LogP contribution in [0, 0.1) is 0 Å². The molecule has 1 unspecified atom stereocenters. The van der Waals surface area contributed by atoms with Crippen LogP contribution in [0.15, 0.2) is 17.5 Å². The standard InChI is InChI=1S/C7H7NO3S.ClH/c8-5(7(10)11)6(9)4-2-1-3-12-4;/h1-3,5H,8H2,(H,10,11);1H. The molecule has 1 atom stereocenters. The van der Waals surface area contributed by atoms with E-state index in [9.17, 15) is 9.59 Å². The van der Waals surface area contributed by atoms with Crippen molar-refractivity contribution in [1.29, 1.82) is 0 Å². The first-order chi connectivity index (χ1) is 5.63. The minimum absolute atomic E-state index is 0. The Morgan fingerprint density at radius 3 is 2.54 bits per heavy atom. The number of aliphatic carboxylic acids is 1. The van der Waals surface area contributed by atoms with E-state index in [1.807, 2.05) is 0 Å². The second-order valence-electron chi connectivity index (χ2n) is 2.16. The third-order valence-corrected chi connectivity index (χ3v) is 2.20. The van der Waals surface area contributed by atoms with Gasteiger partial charge in [-0.2, -0.15) is 0 Å². The topological polar surface area (TPSA) is 80.4 Å². The highest BCUT2D eigenvalue weighted by atomic mass is 35.5. The summed E-state index contributed by atoms with van der Waals surface area (Å²) >= 11 is 1.18. The van der Waals surface area contributed by atoms with Crippen LogP contribution in [0.1, 0.15) is 9.67 Å². The number of rotatable bonds is 3. The fourth-order valence-corrected chi connectivity index (χ4v) is 1.39. The van der Waals surface area contributed by atoms with Crippen molar-refractivity contribution < 1.29 is 14.7 Å². The Balaban J connectivity index is 0.00000144. The van der Waals surface area contributed by atoms with E-state index in [0.717, 1.165) is 0 Å². The van der Waals surface area contributed by atoms with Gasteiger partial charge in [-0.3, -0.25) is 9.59 Å². The van der Waals surface area contributed by atoms with E-state index < -0.39 is 17.8 Å². The SMILES string of the molecule is Cl.NC(C(=O)O)C(=O)c1cccs1. The maximum Gasteiger partial charge on any atom is 0.328 e. The van der Waals surface area contributed by atoms with Crippen LogP contribution in [0.2, 0.25) is 0 Å². The van der Waals surface area contributed by atoms with Crippen LogP contribution in [-0.4, -0.2) is 22.9 Å². The lowest BCUT2D eigenvalue weighted by atomic mass is 10.2. The van der Waals surface area contributed by atoms with Crippen LogP contribution in [0.5, 0.6) is 0 Å². The first kappa shape index (κ1) is 12.1. The minimum Gasteiger partial charge on any atom is -0.480 e. The van der Waals surface area contributed by atoms with E-state index in [-0.39, 0.29) is 12.4 Å². The van der Waals surface area contributed by atoms with Gasteiger partial charge in [-0.1, -0.05) is 6.07 Å². The largest absolute Gasteiger partial charge is 0.480 e. The Bertz CT molecular complexity index is 299. The maximum absolute atomic E-state index is 11.2. The molecule has 0 saturated heterocycles. The van der Waals surface area contributed by atoms with Gasteiger partial charge >= 0.3 is 5.97 Å². The Morgan fingerprint density at radius 1 is 1.54 bits per heavy atom. The molecule has 1 aromatic rings. The number of carboxylic acids is 1. The number of thiophene rings is 1. The number of hydrogen-bond acceptors (Lipinski definition) is 4. The minimum atomic E-state index is -1.44. The Hall–Kier alpha value is -0.910. The molecule has 0 amide bonds. The van der Waals surface area contributed by atoms with Crippen LogP contribution >= 0.6 is 23.7 Å². The lowest BCUT2D eigenvalue weighted by Gasteiger charge is -2.01. The number of hydrogen-bond donors (Lipinski definition) is 2. The molecular formula is C7H8ClNO3S. The van der Waals surface area contributed by atoms with Gasteiger partial charge in [0.25, 0.3) is 0 Å². The van der Waals surface area contributed by atoms with Gasteiger partial charge in [0.15, 0.2) is 6.04 Å². The lowest BCUT2D eigenvalue weighted by Crippen LogP contribution is -2.38. The first-order valence-corrected chi connectivity index (χ1v) is 4.07. The zero-order chi connectivity index (χ0) is 9.14. The number of Topliss-reactive ketones (excluding diaryl/α,β-unsaturated/α-hetero) is 1. The van der Waals surface area contributed by atoms with Crippen molar-refractivity contribution in [2.75, 3.05) is 0 Å². The Morgan fingerprint density at radius 2 is 2.15 bits per heavy atom. The molecule has 0 aromatic carbocycles. The average Bonchev–Trinajstić information content (AvgIpc) is 2.53. The van der Waals surface area contributed by atoms with Gasteiger partial charge in [0.2, 0.25) is 5.78 Å². The average molecular weight is 222 g/mol. The lowest BCUT2D eigenvalue weighted by molar-refractivity contribution is -0.137. The molecule has 1 heterocycles. The molecule has 13 heavy (non-hydrogen) atoms. The van der Waals surface area contributed by atoms with Crippen molar-refractivity contribution in [2.45, 2.75) is 6.04 Å². The highest BCUT2D eigenvalue weighted by molar-refractivity contribution is 7.12. The third kappa shape index (κ3) is 2.80. The monoisotopic (exact) mass is 221 g/mol. The van der Waals surface area contributed by atoms with Crippen molar-refractivity contribution in [3.63, 3.8) is 0 Å². The highest BCUT2D eigenvalue weighted by Gasteiger charge is 2.22. The second-order valence-corrected chi connectivity index (χ2v) is 3.11. The molecule has 4 nitrogen and oxygen atoms in total. The molecule has 3 N–H and O–H groups in total. The number of nitrogens with two attached hydrogens (primary N) is 1. The Kier molecular flexibility index (Phi) is 4.61. The summed E-state index contributed by atoms with van der Waals surface area (Å²) in [5.74, 6) is -1.84. The fourth-order valence-electron chi connectivity index (χ4n) is 0.684. The Labute approximate surface area is 84.8 Å². The molecule has 1 rings (SSSR count). The van der Waals surface area contributed by atoms with Crippen LogP contribution in [0.25, 0.3) is 0 Å². The van der Waals surface area contributed by atoms with Crippen LogP contribution in [-0.2, 0) is 4.79 Å². The van der Waals surface area contributed by atoms with Gasteiger partial charge in [-0.05, 0) is 11.4 Å². The van der Waals surface area contributed by atoms with Crippen molar-refractivity contribution in [1.82, 2.24) is 0 Å². The molecule has 72 valence electrons. The molecule has 0 saturated carbocycles. The van der Waals surface area contributed by atoms with Crippen LogP contribution in [0.3, 0.4) is 0 Å². The summed E-state index contributed by atoms with van der Waals surface area (Å²) in [7, 11) is 0. The molecule has 0 aliphatic heterocycles. The highest BCUT2D eigenvalue weighted by Crippen LogP contribution is 2.10. The van der Waals surface area contributed by atoms with E-state index in [1.54, 1.807) is 17.5 Å². The molecule has 0 radical (unpaired) electrons. The summed E-state index contributed by atoms with van der Waals surface area (Å²) in [5.41, 5.74) is 5.11. The quantitative estimate of drug-likeness (QED) is 0.584. The first-order valence-electron chi connectivity index (χ1n) is 3.19. The van der Waals surface area contributed by atoms with E-state index in [1.165, 1.54) is 11.3 Å². The molecule has 0 bridgehead atoms. The van der Waals surface area contributed by atoms with Crippen LogP contribution < -0.4 is 5.73 Å². The van der Waals surface area contributed by atoms with Gasteiger partial charge in [0.1, 0.15) is 0 Å². The predicted octanol–water partition coefficient (Wildman–Crippen LogP) is 0.765. The summed E-state index contributed by atoms with van der Waals surface area (Å²) in [4.78, 5) is 21.8. The summed E-state index contributed by atoms with van der Waals surface area (Å²) in [6.07, 6.45) is 0. The van der Waals surface area contributed by atoms with Crippen molar-refractivity contribution in [2.24, 2.45) is 5.73 Å². The number of ketones is 1. The molecular weight excluding hydrogens is 214 g/mol. The predicted molar refractivity (Wildman–Crippen MR) is 51.5 cm³/mol. The zero-order valence-electron chi connectivity index (χ0n) is 6.47. The maximum atomic E-state index is 11.2. The summed E-state index contributed by atoms with van der Waals surface area (Å²) in [5, 5.41) is 10.1. The summed E-state index contributed by atoms with van der Waals surface area (Å²) < 4.78 is 0. The third-order valence-electron chi connectivity index (χ3n) is 1.31. The number of carboxylic acid groups (broad SMARTS) is 1. The van der Waals surface area contributed by atoms with Crippen molar-refractivity contribution in [3.05, 3.63) is 22.4 Å². The molecule has 0 fully saturated rings. The smallest absolute Gasteiger partial charge is 0.328 e. The molecule has 0 aliphatic carbocycles. The number of carbonyl (C=O) groups is 2. The van der Waals surface area contributed by atoms with E-state index >= 15 is 0 Å². The summed E-state index contributed by atoms with van der Waals surface area (Å²) in [6, 6.07) is 1.78. The van der Waals surface area contributed by atoms with Crippen molar-refractivity contribution >= 4 is 35.5 Å². The molecule has 0 spiro atoms. The fraction of sp³-hybridized carbons (Fsp3) is 0.143. The van der Waals surface area contributed by atoms with Gasteiger partial charge in [-0.15, -0.1) is 23.7 Å². The van der Waals surface area contributed by atoms with Gasteiger partial charge < -0.3 is 10.8 Å². The zero-order valence-corrected chi connectivity index (χ0v) is 8.10. The molecule has 0 aliphatic rings. The number of carbonyl (C=O) groups excluding carboxylic acids is 1. The van der Waals surface area contributed by atoms with Gasteiger partial charge in [-0.25, -0.2) is 0 Å². The van der Waals surface area contributed by atoms with E-state index in [0.29, 0.717) is 4.88 Å². The van der Waals surface area contributed by atoms with E-state index in [4.69, 9.17) is 10.8 Å². The van der Waals surface area contributed by atoms with Crippen LogP contribution in [0.4, 0.5) is 0 Å². The second kappa shape index (κ2) is 4.96. The molecule has 6 heteroatoms. The summed E-state index contributed by atoms with van der Waals surface area (Å²) in [6.45, 7) is 0.